The van der Waals surface area contributed by atoms with Crippen molar-refractivity contribution >= 4 is 0 Å². The summed E-state index contributed by atoms with van der Waals surface area (Å²) in [7, 11) is 1.64. The van der Waals surface area contributed by atoms with Gasteiger partial charge in [-0.3, -0.25) is 0 Å². The Labute approximate surface area is 95.4 Å². The highest BCUT2D eigenvalue weighted by Crippen LogP contribution is 2.08. The maximum Gasteiger partial charge on any atom is 0.129 e. The molecule has 0 spiro atoms. The Balaban J connectivity index is 2.07. The number of ether oxygens (including phenoxy) is 2. The van der Waals surface area contributed by atoms with Crippen LogP contribution in [0.2, 0.25) is 0 Å². The fourth-order valence-electron chi connectivity index (χ4n) is 1.26. The van der Waals surface area contributed by atoms with Crippen molar-refractivity contribution in [2.24, 2.45) is 0 Å². The van der Waals surface area contributed by atoms with Crippen molar-refractivity contribution in [1.29, 1.82) is 0 Å². The van der Waals surface area contributed by atoms with Crippen LogP contribution < -0.4 is 5.32 Å². The molecule has 1 aromatic rings. The molecule has 0 bridgehead atoms. The molecule has 1 rings (SSSR count). The van der Waals surface area contributed by atoms with Gasteiger partial charge in [0.05, 0.1) is 26.4 Å². The van der Waals surface area contributed by atoms with Crippen molar-refractivity contribution < 1.29 is 19.0 Å². The predicted molar refractivity (Wildman–Crippen MR) is 59.0 cm³/mol. The molecule has 5 heteroatoms. The summed E-state index contributed by atoms with van der Waals surface area (Å²) in [6.07, 6.45) is 0. The summed E-state index contributed by atoms with van der Waals surface area (Å²) in [6.45, 7) is 2.96. The van der Waals surface area contributed by atoms with Crippen molar-refractivity contribution in [1.82, 2.24) is 5.32 Å². The van der Waals surface area contributed by atoms with E-state index in [4.69, 9.17) is 19.0 Å². The minimum atomic E-state index is 0.0680. The van der Waals surface area contributed by atoms with E-state index in [0.717, 1.165) is 18.1 Å². The highest BCUT2D eigenvalue weighted by molar-refractivity contribution is 5.06. The Morgan fingerprint density at radius 1 is 1.31 bits per heavy atom. The number of aliphatic hydroxyl groups excluding tert-OH is 1. The summed E-state index contributed by atoms with van der Waals surface area (Å²) >= 11 is 0. The topological polar surface area (TPSA) is 63.9 Å². The van der Waals surface area contributed by atoms with E-state index in [2.05, 4.69) is 5.32 Å². The van der Waals surface area contributed by atoms with E-state index in [1.54, 1.807) is 7.11 Å². The van der Waals surface area contributed by atoms with Gasteiger partial charge in [-0.15, -0.1) is 0 Å². The van der Waals surface area contributed by atoms with E-state index in [9.17, 15) is 0 Å². The molecule has 5 nitrogen and oxygen atoms in total. The maximum absolute atomic E-state index is 8.48. The third-order valence-electron chi connectivity index (χ3n) is 1.96. The number of methoxy groups -OCH3 is 1. The lowest BCUT2D eigenvalue weighted by Gasteiger charge is -2.03. The molecule has 0 atom stereocenters. The summed E-state index contributed by atoms with van der Waals surface area (Å²) in [5.41, 5.74) is 0. The van der Waals surface area contributed by atoms with Gasteiger partial charge in [0.15, 0.2) is 0 Å². The number of aliphatic hydroxyl groups is 1. The molecule has 16 heavy (non-hydrogen) atoms. The van der Waals surface area contributed by atoms with Crippen LogP contribution in [0.1, 0.15) is 11.5 Å². The van der Waals surface area contributed by atoms with Crippen LogP contribution in [-0.2, 0) is 22.6 Å². The maximum atomic E-state index is 8.48. The van der Waals surface area contributed by atoms with E-state index in [0.29, 0.717) is 26.4 Å². The molecule has 0 saturated heterocycles. The van der Waals surface area contributed by atoms with Crippen LogP contribution >= 0.6 is 0 Å². The van der Waals surface area contributed by atoms with Crippen molar-refractivity contribution in [2.75, 3.05) is 33.5 Å². The zero-order chi connectivity index (χ0) is 11.6. The highest BCUT2D eigenvalue weighted by atomic mass is 16.5. The molecule has 1 heterocycles. The number of hydrogen-bond acceptors (Lipinski definition) is 5. The van der Waals surface area contributed by atoms with E-state index >= 15 is 0 Å². The number of furan rings is 1. The van der Waals surface area contributed by atoms with Gasteiger partial charge in [-0.1, -0.05) is 0 Å². The van der Waals surface area contributed by atoms with Gasteiger partial charge in [-0.25, -0.2) is 0 Å². The molecule has 2 N–H and O–H groups in total. The summed E-state index contributed by atoms with van der Waals surface area (Å²) in [5.74, 6) is 1.71. The second-order valence-electron chi connectivity index (χ2n) is 3.31. The first-order valence-electron chi connectivity index (χ1n) is 5.32. The van der Waals surface area contributed by atoms with Crippen LogP contribution in [0, 0.1) is 0 Å². The van der Waals surface area contributed by atoms with Gasteiger partial charge in [0, 0.05) is 13.7 Å². The van der Waals surface area contributed by atoms with Crippen LogP contribution in [0.25, 0.3) is 0 Å². The minimum absolute atomic E-state index is 0.0680. The van der Waals surface area contributed by atoms with Gasteiger partial charge in [-0.2, -0.15) is 0 Å². The first-order valence-corrected chi connectivity index (χ1v) is 5.32. The zero-order valence-electron chi connectivity index (χ0n) is 9.57. The number of nitrogens with one attached hydrogen (secondary N) is 1. The van der Waals surface area contributed by atoms with Crippen LogP contribution in [0.4, 0.5) is 0 Å². The van der Waals surface area contributed by atoms with Crippen LogP contribution in [0.5, 0.6) is 0 Å². The van der Waals surface area contributed by atoms with Gasteiger partial charge in [-0.05, 0) is 12.1 Å². The largest absolute Gasteiger partial charge is 0.462 e. The molecule has 0 radical (unpaired) electrons. The van der Waals surface area contributed by atoms with Crippen LogP contribution in [0.3, 0.4) is 0 Å². The van der Waals surface area contributed by atoms with Crippen molar-refractivity contribution in [3.8, 4) is 0 Å². The van der Waals surface area contributed by atoms with Gasteiger partial charge >= 0.3 is 0 Å². The Hall–Kier alpha value is -0.880. The molecule has 1 aromatic heterocycles. The standard InChI is InChI=1S/C11H19NO4/c1-14-9-11-3-2-10(16-11)8-12-4-6-15-7-5-13/h2-3,12-13H,4-9H2,1H3. The molecule has 0 unspecified atom stereocenters. The molecule has 0 aromatic carbocycles. The molecule has 0 fully saturated rings. The SMILES string of the molecule is COCc1ccc(CNCCOCCO)o1. The molecule has 0 amide bonds. The molecule has 0 aliphatic rings. The third kappa shape index (κ3) is 5.27. The normalized spacial score (nSPS) is 10.9. The monoisotopic (exact) mass is 229 g/mol. The second kappa shape index (κ2) is 8.29. The Morgan fingerprint density at radius 2 is 2.12 bits per heavy atom. The van der Waals surface area contributed by atoms with E-state index in [1.165, 1.54) is 0 Å². The average Bonchev–Trinajstić information content (AvgIpc) is 2.72. The molecular weight excluding hydrogens is 210 g/mol. The van der Waals surface area contributed by atoms with Crippen LogP contribution in [0.15, 0.2) is 16.5 Å². The summed E-state index contributed by atoms with van der Waals surface area (Å²) < 4.78 is 15.5. The summed E-state index contributed by atoms with van der Waals surface area (Å²) in [4.78, 5) is 0. The molecule has 0 aliphatic heterocycles. The molecular formula is C11H19NO4. The number of hydrogen-bond donors (Lipinski definition) is 2. The molecule has 92 valence electrons. The van der Waals surface area contributed by atoms with E-state index < -0.39 is 0 Å². The fourth-order valence-corrected chi connectivity index (χ4v) is 1.26. The van der Waals surface area contributed by atoms with Crippen LogP contribution in [-0.4, -0.2) is 38.6 Å². The lowest BCUT2D eigenvalue weighted by molar-refractivity contribution is 0.0935. The smallest absolute Gasteiger partial charge is 0.129 e. The Bertz CT molecular complexity index is 275. The lowest BCUT2D eigenvalue weighted by atomic mass is 10.4. The predicted octanol–water partition coefficient (Wildman–Crippen LogP) is 0.524. The van der Waals surface area contributed by atoms with E-state index in [1.807, 2.05) is 12.1 Å². The van der Waals surface area contributed by atoms with Crippen molar-refractivity contribution in [3.05, 3.63) is 23.7 Å². The van der Waals surface area contributed by atoms with Gasteiger partial charge in [0.2, 0.25) is 0 Å². The fraction of sp³-hybridized carbons (Fsp3) is 0.636. The third-order valence-corrected chi connectivity index (χ3v) is 1.96. The first-order chi connectivity index (χ1) is 7.86. The molecule has 0 aliphatic carbocycles. The van der Waals surface area contributed by atoms with Gasteiger partial charge in [0.1, 0.15) is 18.1 Å². The quantitative estimate of drug-likeness (QED) is 0.605. The zero-order valence-corrected chi connectivity index (χ0v) is 9.57. The molecule has 0 saturated carbocycles. The first kappa shape index (κ1) is 13.2. The summed E-state index contributed by atoms with van der Waals surface area (Å²) in [5, 5.41) is 11.7. The van der Waals surface area contributed by atoms with E-state index in [-0.39, 0.29) is 6.61 Å². The average molecular weight is 229 g/mol. The van der Waals surface area contributed by atoms with Crippen molar-refractivity contribution in [2.45, 2.75) is 13.2 Å². The lowest BCUT2D eigenvalue weighted by Crippen LogP contribution is -2.19. The Morgan fingerprint density at radius 3 is 2.88 bits per heavy atom. The summed E-state index contributed by atoms with van der Waals surface area (Å²) in [6, 6.07) is 3.83. The highest BCUT2D eigenvalue weighted by Gasteiger charge is 2.00. The van der Waals surface area contributed by atoms with Gasteiger partial charge in [0.25, 0.3) is 0 Å². The van der Waals surface area contributed by atoms with Crippen molar-refractivity contribution in [3.63, 3.8) is 0 Å². The minimum Gasteiger partial charge on any atom is -0.462 e. The van der Waals surface area contributed by atoms with Gasteiger partial charge < -0.3 is 24.3 Å². The number of rotatable bonds is 9. The second-order valence-corrected chi connectivity index (χ2v) is 3.31. The Kier molecular flexibility index (Phi) is 6.83.